The van der Waals surface area contributed by atoms with Crippen LogP contribution in [0.1, 0.15) is 28.7 Å². The molecule has 76 valence electrons. The first kappa shape index (κ1) is 10.8. The van der Waals surface area contributed by atoms with Gasteiger partial charge in [0.15, 0.2) is 0 Å². The molecule has 0 unspecified atom stereocenters. The number of aryl methyl sites for hydroxylation is 3. The molecule has 0 fully saturated rings. The molecule has 0 spiro atoms. The smallest absolute Gasteiger partial charge is 0.303 e. The number of aliphatic carboxylic acids is 1. The van der Waals surface area contributed by atoms with Crippen molar-refractivity contribution in [2.45, 2.75) is 33.6 Å². The van der Waals surface area contributed by atoms with Crippen molar-refractivity contribution in [2.75, 3.05) is 0 Å². The van der Waals surface area contributed by atoms with E-state index in [1.165, 1.54) is 22.3 Å². The zero-order valence-electron chi connectivity index (χ0n) is 8.92. The Morgan fingerprint density at radius 1 is 1.21 bits per heavy atom. The van der Waals surface area contributed by atoms with Crippen LogP contribution in [0, 0.1) is 20.8 Å². The van der Waals surface area contributed by atoms with E-state index in [0.29, 0.717) is 6.42 Å². The predicted molar refractivity (Wildman–Crippen MR) is 56.6 cm³/mol. The van der Waals surface area contributed by atoms with Crippen LogP contribution in [0.3, 0.4) is 0 Å². The van der Waals surface area contributed by atoms with Crippen LogP contribution >= 0.6 is 0 Å². The van der Waals surface area contributed by atoms with Gasteiger partial charge >= 0.3 is 5.97 Å². The fourth-order valence-corrected chi connectivity index (χ4v) is 1.84. The average Bonchev–Trinajstić information content (AvgIpc) is 2.01. The van der Waals surface area contributed by atoms with E-state index < -0.39 is 5.97 Å². The second-order valence-corrected chi connectivity index (χ2v) is 3.77. The number of carbonyl (C=O) groups is 1. The lowest BCUT2D eigenvalue weighted by molar-refractivity contribution is -0.136. The van der Waals surface area contributed by atoms with Crippen LogP contribution in [0.2, 0.25) is 0 Å². The molecular formula is C12H16O2. The minimum Gasteiger partial charge on any atom is -0.481 e. The van der Waals surface area contributed by atoms with Crippen molar-refractivity contribution in [3.63, 3.8) is 0 Å². The molecule has 0 bridgehead atoms. The van der Waals surface area contributed by atoms with Gasteiger partial charge in [0.2, 0.25) is 0 Å². The lowest BCUT2D eigenvalue weighted by Gasteiger charge is -2.09. The molecule has 1 aromatic rings. The standard InChI is InChI=1S/C12H16O2/c1-8-6-9(2)11(10(3)7-8)4-5-12(13)14/h6-7H,4-5H2,1-3H3,(H,13,14). The largest absolute Gasteiger partial charge is 0.481 e. The van der Waals surface area contributed by atoms with Crippen molar-refractivity contribution in [2.24, 2.45) is 0 Å². The summed E-state index contributed by atoms with van der Waals surface area (Å²) in [6.45, 7) is 6.13. The molecule has 1 aromatic carbocycles. The van der Waals surface area contributed by atoms with Crippen LogP contribution < -0.4 is 0 Å². The molecule has 14 heavy (non-hydrogen) atoms. The molecule has 0 aliphatic heterocycles. The number of benzene rings is 1. The van der Waals surface area contributed by atoms with Gasteiger partial charge in [-0.25, -0.2) is 0 Å². The Kier molecular flexibility index (Phi) is 3.28. The molecule has 2 nitrogen and oxygen atoms in total. The minimum absolute atomic E-state index is 0.213. The molecule has 0 aliphatic rings. The highest BCUT2D eigenvalue weighted by Crippen LogP contribution is 2.17. The Morgan fingerprint density at radius 3 is 2.14 bits per heavy atom. The molecular weight excluding hydrogens is 176 g/mol. The predicted octanol–water partition coefficient (Wildman–Crippen LogP) is 2.63. The van der Waals surface area contributed by atoms with Crippen LogP contribution in [0.5, 0.6) is 0 Å². The topological polar surface area (TPSA) is 37.3 Å². The van der Waals surface area contributed by atoms with Gasteiger partial charge in [-0.1, -0.05) is 17.7 Å². The number of carboxylic acid groups (broad SMARTS) is 1. The van der Waals surface area contributed by atoms with Crippen molar-refractivity contribution < 1.29 is 9.90 Å². The van der Waals surface area contributed by atoms with E-state index in [2.05, 4.69) is 19.1 Å². The lowest BCUT2D eigenvalue weighted by atomic mass is 9.96. The molecule has 2 heteroatoms. The van der Waals surface area contributed by atoms with Gasteiger partial charge in [0.1, 0.15) is 0 Å². The average molecular weight is 192 g/mol. The van der Waals surface area contributed by atoms with E-state index in [1.807, 2.05) is 13.8 Å². The summed E-state index contributed by atoms with van der Waals surface area (Å²) in [6, 6.07) is 4.20. The summed E-state index contributed by atoms with van der Waals surface area (Å²) in [5.74, 6) is -0.732. The number of hydrogen-bond donors (Lipinski definition) is 1. The first-order valence-corrected chi connectivity index (χ1v) is 4.79. The fourth-order valence-electron chi connectivity index (χ4n) is 1.84. The van der Waals surface area contributed by atoms with Gasteiger partial charge in [-0.05, 0) is 43.9 Å². The van der Waals surface area contributed by atoms with E-state index in [4.69, 9.17) is 5.11 Å². The van der Waals surface area contributed by atoms with Gasteiger partial charge in [0, 0.05) is 6.42 Å². The van der Waals surface area contributed by atoms with Gasteiger partial charge < -0.3 is 5.11 Å². The highest BCUT2D eigenvalue weighted by Gasteiger charge is 2.05. The number of hydrogen-bond acceptors (Lipinski definition) is 1. The molecule has 0 amide bonds. The molecule has 0 saturated heterocycles. The van der Waals surface area contributed by atoms with Crippen LogP contribution in [0.15, 0.2) is 12.1 Å². The van der Waals surface area contributed by atoms with E-state index >= 15 is 0 Å². The molecule has 1 N–H and O–H groups in total. The Balaban J connectivity index is 2.91. The van der Waals surface area contributed by atoms with Crippen LogP contribution in [-0.2, 0) is 11.2 Å². The van der Waals surface area contributed by atoms with Gasteiger partial charge in [-0.2, -0.15) is 0 Å². The Labute approximate surface area is 84.6 Å². The van der Waals surface area contributed by atoms with Gasteiger partial charge in [-0.3, -0.25) is 4.79 Å². The molecule has 1 rings (SSSR count). The third kappa shape index (κ3) is 2.59. The van der Waals surface area contributed by atoms with Gasteiger partial charge in [0.25, 0.3) is 0 Å². The highest BCUT2D eigenvalue weighted by molar-refractivity contribution is 5.67. The summed E-state index contributed by atoms with van der Waals surface area (Å²) in [5, 5.41) is 8.61. The second kappa shape index (κ2) is 4.27. The maximum absolute atomic E-state index is 10.5. The Morgan fingerprint density at radius 2 is 1.71 bits per heavy atom. The normalized spacial score (nSPS) is 10.2. The zero-order valence-corrected chi connectivity index (χ0v) is 8.92. The molecule has 0 aromatic heterocycles. The van der Waals surface area contributed by atoms with Crippen LogP contribution in [0.25, 0.3) is 0 Å². The third-order valence-corrected chi connectivity index (χ3v) is 2.43. The van der Waals surface area contributed by atoms with Crippen LogP contribution in [0.4, 0.5) is 0 Å². The highest BCUT2D eigenvalue weighted by atomic mass is 16.4. The lowest BCUT2D eigenvalue weighted by Crippen LogP contribution is -2.01. The summed E-state index contributed by atoms with van der Waals surface area (Å²) in [4.78, 5) is 10.5. The van der Waals surface area contributed by atoms with Crippen molar-refractivity contribution in [1.29, 1.82) is 0 Å². The SMILES string of the molecule is Cc1cc(C)c(CCC(=O)O)c(C)c1. The van der Waals surface area contributed by atoms with E-state index in [1.54, 1.807) is 0 Å². The monoisotopic (exact) mass is 192 g/mol. The molecule has 0 saturated carbocycles. The third-order valence-electron chi connectivity index (χ3n) is 2.43. The number of rotatable bonds is 3. The summed E-state index contributed by atoms with van der Waals surface area (Å²) in [5.41, 5.74) is 4.81. The summed E-state index contributed by atoms with van der Waals surface area (Å²) in [6.07, 6.45) is 0.845. The van der Waals surface area contributed by atoms with Crippen molar-refractivity contribution in [3.8, 4) is 0 Å². The summed E-state index contributed by atoms with van der Waals surface area (Å²) < 4.78 is 0. The fraction of sp³-hybridized carbons (Fsp3) is 0.417. The molecule has 0 aliphatic carbocycles. The molecule has 0 heterocycles. The zero-order chi connectivity index (χ0) is 10.7. The van der Waals surface area contributed by atoms with Crippen molar-refractivity contribution >= 4 is 5.97 Å². The summed E-state index contributed by atoms with van der Waals surface area (Å²) >= 11 is 0. The molecule has 0 atom stereocenters. The van der Waals surface area contributed by atoms with Gasteiger partial charge in [0.05, 0.1) is 0 Å². The van der Waals surface area contributed by atoms with Gasteiger partial charge in [-0.15, -0.1) is 0 Å². The maximum Gasteiger partial charge on any atom is 0.303 e. The molecule has 0 radical (unpaired) electrons. The summed E-state index contributed by atoms with van der Waals surface area (Å²) in [7, 11) is 0. The number of carboxylic acids is 1. The quantitative estimate of drug-likeness (QED) is 0.799. The van der Waals surface area contributed by atoms with E-state index in [-0.39, 0.29) is 6.42 Å². The van der Waals surface area contributed by atoms with Crippen LogP contribution in [-0.4, -0.2) is 11.1 Å². The second-order valence-electron chi connectivity index (χ2n) is 3.77. The van der Waals surface area contributed by atoms with E-state index in [9.17, 15) is 4.79 Å². The first-order chi connectivity index (χ1) is 6.50. The Bertz CT molecular complexity index is 330. The van der Waals surface area contributed by atoms with Crippen molar-refractivity contribution in [1.82, 2.24) is 0 Å². The minimum atomic E-state index is -0.732. The Hall–Kier alpha value is -1.31. The van der Waals surface area contributed by atoms with E-state index in [0.717, 1.165) is 0 Å². The first-order valence-electron chi connectivity index (χ1n) is 4.79. The van der Waals surface area contributed by atoms with Crippen molar-refractivity contribution in [3.05, 3.63) is 34.4 Å². The maximum atomic E-state index is 10.5.